The van der Waals surface area contributed by atoms with Crippen molar-refractivity contribution in [3.05, 3.63) is 23.3 Å². The van der Waals surface area contributed by atoms with Crippen molar-refractivity contribution >= 4 is 0 Å². The minimum Gasteiger partial charge on any atom is -0.308 e. The van der Waals surface area contributed by atoms with E-state index in [0.29, 0.717) is 11.3 Å². The van der Waals surface area contributed by atoms with Crippen LogP contribution in [-0.2, 0) is 6.54 Å². The van der Waals surface area contributed by atoms with E-state index in [-0.39, 0.29) is 0 Å². The normalized spacial score (nSPS) is 25.9. The molecule has 2 fully saturated rings. The van der Waals surface area contributed by atoms with E-state index in [2.05, 4.69) is 37.1 Å². The topological polar surface area (TPSA) is 37.8 Å². The van der Waals surface area contributed by atoms with Crippen LogP contribution in [0, 0.1) is 12.3 Å². The number of rotatable bonds is 4. The second-order valence-corrected chi connectivity index (χ2v) is 6.26. The summed E-state index contributed by atoms with van der Waals surface area (Å²) in [5.41, 5.74) is 2.67. The summed E-state index contributed by atoms with van der Waals surface area (Å²) in [6, 6.07) is 2.85. The molecule has 3 heteroatoms. The van der Waals surface area contributed by atoms with Gasteiger partial charge in [-0.25, -0.2) is 9.97 Å². The standard InChI is InChI=1S/C14H21N3/c1-9-6-11(8-15-10-4-5-10)17-13(16-9)12-7-14(12,2)3/h6,10,12,15H,4-5,7-8H2,1-3H3. The van der Waals surface area contributed by atoms with E-state index in [4.69, 9.17) is 4.98 Å². The molecular weight excluding hydrogens is 210 g/mol. The van der Waals surface area contributed by atoms with Crippen LogP contribution >= 0.6 is 0 Å². The monoisotopic (exact) mass is 231 g/mol. The second-order valence-electron chi connectivity index (χ2n) is 6.26. The molecule has 1 atom stereocenters. The third-order valence-corrected chi connectivity index (χ3v) is 3.90. The number of nitrogens with zero attached hydrogens (tertiary/aromatic N) is 2. The van der Waals surface area contributed by atoms with Crippen molar-refractivity contribution in [2.75, 3.05) is 0 Å². The van der Waals surface area contributed by atoms with Gasteiger partial charge < -0.3 is 5.32 Å². The van der Waals surface area contributed by atoms with E-state index in [1.165, 1.54) is 19.3 Å². The van der Waals surface area contributed by atoms with Crippen LogP contribution in [0.2, 0.25) is 0 Å². The quantitative estimate of drug-likeness (QED) is 0.865. The molecule has 0 radical (unpaired) electrons. The summed E-state index contributed by atoms with van der Waals surface area (Å²) >= 11 is 0. The van der Waals surface area contributed by atoms with Crippen LogP contribution in [0.3, 0.4) is 0 Å². The summed E-state index contributed by atoms with van der Waals surface area (Å²) in [6.45, 7) is 7.56. The third-order valence-electron chi connectivity index (χ3n) is 3.90. The Bertz CT molecular complexity index is 435. The molecule has 2 aliphatic rings. The summed E-state index contributed by atoms with van der Waals surface area (Å²) < 4.78 is 0. The summed E-state index contributed by atoms with van der Waals surface area (Å²) in [7, 11) is 0. The number of aryl methyl sites for hydroxylation is 1. The smallest absolute Gasteiger partial charge is 0.132 e. The molecule has 0 bridgehead atoms. The Hall–Kier alpha value is -0.960. The average molecular weight is 231 g/mol. The fourth-order valence-electron chi connectivity index (χ4n) is 2.35. The molecule has 92 valence electrons. The largest absolute Gasteiger partial charge is 0.308 e. The van der Waals surface area contributed by atoms with Gasteiger partial charge in [0.15, 0.2) is 0 Å². The van der Waals surface area contributed by atoms with Crippen LogP contribution in [0.4, 0.5) is 0 Å². The second kappa shape index (κ2) is 3.77. The summed E-state index contributed by atoms with van der Waals surface area (Å²) in [5.74, 6) is 1.63. The van der Waals surface area contributed by atoms with Crippen LogP contribution in [0.5, 0.6) is 0 Å². The van der Waals surface area contributed by atoms with Crippen LogP contribution in [0.15, 0.2) is 6.07 Å². The van der Waals surface area contributed by atoms with E-state index >= 15 is 0 Å². The van der Waals surface area contributed by atoms with Crippen molar-refractivity contribution in [1.82, 2.24) is 15.3 Å². The molecule has 1 aromatic rings. The Balaban J connectivity index is 1.74. The molecule has 1 aromatic heterocycles. The molecule has 3 nitrogen and oxygen atoms in total. The van der Waals surface area contributed by atoms with Gasteiger partial charge in [-0.2, -0.15) is 0 Å². The highest BCUT2D eigenvalue weighted by Crippen LogP contribution is 2.57. The fourth-order valence-corrected chi connectivity index (χ4v) is 2.35. The SMILES string of the molecule is Cc1cc(CNC2CC2)nc(C2CC2(C)C)n1. The average Bonchev–Trinajstić information content (AvgIpc) is 3.12. The zero-order chi connectivity index (χ0) is 12.0. The minimum absolute atomic E-state index is 0.412. The van der Waals surface area contributed by atoms with Gasteiger partial charge in [0.25, 0.3) is 0 Å². The molecule has 0 amide bonds. The highest BCUT2D eigenvalue weighted by molar-refractivity contribution is 5.20. The molecule has 17 heavy (non-hydrogen) atoms. The molecule has 1 unspecified atom stereocenters. The lowest BCUT2D eigenvalue weighted by atomic mass is 10.1. The lowest BCUT2D eigenvalue weighted by molar-refractivity contribution is 0.601. The lowest BCUT2D eigenvalue weighted by Crippen LogP contribution is -2.17. The van der Waals surface area contributed by atoms with Gasteiger partial charge in [0, 0.05) is 24.2 Å². The molecule has 0 spiro atoms. The molecule has 1 N–H and O–H groups in total. The third kappa shape index (κ3) is 2.49. The number of aromatic nitrogens is 2. The first-order valence-corrected chi connectivity index (χ1v) is 6.62. The first kappa shape index (κ1) is 11.1. The van der Waals surface area contributed by atoms with Crippen LogP contribution in [0.1, 0.15) is 56.2 Å². The number of hydrogen-bond donors (Lipinski definition) is 1. The van der Waals surface area contributed by atoms with Crippen LogP contribution in [-0.4, -0.2) is 16.0 Å². The highest BCUT2D eigenvalue weighted by Gasteiger charge is 2.48. The predicted molar refractivity (Wildman–Crippen MR) is 67.8 cm³/mol. The maximum atomic E-state index is 4.72. The van der Waals surface area contributed by atoms with Gasteiger partial charge in [-0.05, 0) is 37.7 Å². The van der Waals surface area contributed by atoms with Gasteiger partial charge >= 0.3 is 0 Å². The van der Waals surface area contributed by atoms with E-state index in [0.717, 1.165) is 29.8 Å². The van der Waals surface area contributed by atoms with Gasteiger partial charge in [-0.1, -0.05) is 13.8 Å². The first-order chi connectivity index (χ1) is 8.04. The van der Waals surface area contributed by atoms with Crippen molar-refractivity contribution in [2.24, 2.45) is 5.41 Å². The molecule has 3 rings (SSSR count). The van der Waals surface area contributed by atoms with Gasteiger partial charge in [-0.15, -0.1) is 0 Å². The van der Waals surface area contributed by atoms with E-state index in [1.54, 1.807) is 0 Å². The molecule has 0 saturated heterocycles. The summed E-state index contributed by atoms with van der Waals surface area (Å²) in [6.07, 6.45) is 3.88. The maximum Gasteiger partial charge on any atom is 0.132 e. The predicted octanol–water partition coefficient (Wildman–Crippen LogP) is 2.55. The van der Waals surface area contributed by atoms with Crippen molar-refractivity contribution in [1.29, 1.82) is 0 Å². The first-order valence-electron chi connectivity index (χ1n) is 6.62. The minimum atomic E-state index is 0.412. The van der Waals surface area contributed by atoms with Crippen molar-refractivity contribution in [3.8, 4) is 0 Å². The Morgan fingerprint density at radius 3 is 2.65 bits per heavy atom. The molecule has 2 saturated carbocycles. The van der Waals surface area contributed by atoms with Crippen LogP contribution in [0.25, 0.3) is 0 Å². The Kier molecular flexibility index (Phi) is 2.47. The van der Waals surface area contributed by atoms with Crippen molar-refractivity contribution < 1.29 is 0 Å². The molecule has 1 heterocycles. The summed E-state index contributed by atoms with van der Waals surface area (Å²) in [5, 5.41) is 3.52. The molecule has 0 aliphatic heterocycles. The maximum absolute atomic E-state index is 4.72. The van der Waals surface area contributed by atoms with E-state index < -0.39 is 0 Å². The highest BCUT2D eigenvalue weighted by atomic mass is 15.0. The van der Waals surface area contributed by atoms with Gasteiger partial charge in [0.2, 0.25) is 0 Å². The molecular formula is C14H21N3. The van der Waals surface area contributed by atoms with E-state index in [1.807, 2.05) is 0 Å². The number of hydrogen-bond acceptors (Lipinski definition) is 3. The van der Waals surface area contributed by atoms with Gasteiger partial charge in [0.05, 0.1) is 5.69 Å². The fraction of sp³-hybridized carbons (Fsp3) is 0.714. The Morgan fingerprint density at radius 1 is 1.35 bits per heavy atom. The molecule has 2 aliphatic carbocycles. The Morgan fingerprint density at radius 2 is 2.06 bits per heavy atom. The molecule has 0 aromatic carbocycles. The zero-order valence-electron chi connectivity index (χ0n) is 11.0. The van der Waals surface area contributed by atoms with Crippen molar-refractivity contribution in [2.45, 2.75) is 58.5 Å². The van der Waals surface area contributed by atoms with Crippen LogP contribution < -0.4 is 5.32 Å². The van der Waals surface area contributed by atoms with Crippen molar-refractivity contribution in [3.63, 3.8) is 0 Å². The number of nitrogens with one attached hydrogen (secondary N) is 1. The lowest BCUT2D eigenvalue weighted by Gasteiger charge is -2.08. The van der Waals surface area contributed by atoms with Gasteiger partial charge in [-0.3, -0.25) is 0 Å². The zero-order valence-corrected chi connectivity index (χ0v) is 11.0. The van der Waals surface area contributed by atoms with Gasteiger partial charge in [0.1, 0.15) is 5.82 Å². The Labute approximate surface area is 103 Å². The van der Waals surface area contributed by atoms with E-state index in [9.17, 15) is 0 Å². The summed E-state index contributed by atoms with van der Waals surface area (Å²) in [4.78, 5) is 9.31.